The van der Waals surface area contributed by atoms with Crippen LogP contribution in [0.4, 0.5) is 5.95 Å². The molecule has 3 fully saturated rings. The van der Waals surface area contributed by atoms with E-state index in [1.807, 2.05) is 33.3 Å². The number of ether oxygens (including phenoxy) is 3. The molecule has 3 aromatic heterocycles. The summed E-state index contributed by atoms with van der Waals surface area (Å²) in [6, 6.07) is 0. The lowest BCUT2D eigenvalue weighted by molar-refractivity contribution is -0.215. The molecule has 0 bridgehead atoms. The number of hydrogen-bond acceptors (Lipinski definition) is 9. The minimum absolute atomic E-state index is 0.0710. The molecule has 0 amide bonds. The van der Waals surface area contributed by atoms with E-state index in [-0.39, 0.29) is 12.0 Å². The standard InChI is InChI=1S/C22H27N7O3/c1-13-14(2)25-20-19(24-13)18(15-8-22(9-15)31-6-7-32-22)26-21(27-20)29-4-5-30-17(12-29)16-10-23-28(3)11-16/h10-11,15,17H,4-9,12H2,1-3H3/t17-/m1/s1. The lowest BCUT2D eigenvalue weighted by Crippen LogP contribution is -2.44. The molecule has 0 unspecified atom stereocenters. The lowest BCUT2D eigenvalue weighted by atomic mass is 9.76. The number of aromatic nitrogens is 6. The Labute approximate surface area is 185 Å². The Hall–Kier alpha value is -2.69. The van der Waals surface area contributed by atoms with Gasteiger partial charge >= 0.3 is 0 Å². The summed E-state index contributed by atoms with van der Waals surface area (Å²) >= 11 is 0. The van der Waals surface area contributed by atoms with Crippen molar-refractivity contribution < 1.29 is 14.2 Å². The van der Waals surface area contributed by atoms with Gasteiger partial charge in [0.1, 0.15) is 11.6 Å². The molecule has 1 saturated carbocycles. The zero-order chi connectivity index (χ0) is 21.9. The van der Waals surface area contributed by atoms with E-state index in [2.05, 4.69) is 10.00 Å². The number of hydrogen-bond donors (Lipinski definition) is 0. The van der Waals surface area contributed by atoms with Crippen molar-refractivity contribution >= 4 is 17.1 Å². The summed E-state index contributed by atoms with van der Waals surface area (Å²) < 4.78 is 19.5. The van der Waals surface area contributed by atoms with Crippen LogP contribution < -0.4 is 4.90 Å². The van der Waals surface area contributed by atoms with Gasteiger partial charge in [0.25, 0.3) is 0 Å². The maximum absolute atomic E-state index is 6.01. The molecule has 168 valence electrons. The van der Waals surface area contributed by atoms with Gasteiger partial charge in [0.2, 0.25) is 5.95 Å². The number of anilines is 1. The fourth-order valence-corrected chi connectivity index (χ4v) is 4.80. The van der Waals surface area contributed by atoms with E-state index >= 15 is 0 Å². The molecule has 1 aliphatic carbocycles. The van der Waals surface area contributed by atoms with E-state index < -0.39 is 5.79 Å². The second kappa shape index (κ2) is 7.43. The highest BCUT2D eigenvalue weighted by molar-refractivity contribution is 5.75. The van der Waals surface area contributed by atoms with Crippen LogP contribution in [0.15, 0.2) is 12.4 Å². The molecule has 1 atom stereocenters. The van der Waals surface area contributed by atoms with Crippen molar-refractivity contribution in [3.63, 3.8) is 0 Å². The minimum atomic E-state index is -0.445. The molecule has 0 aromatic carbocycles. The van der Waals surface area contributed by atoms with Crippen LogP contribution in [0, 0.1) is 13.8 Å². The van der Waals surface area contributed by atoms with Crippen molar-refractivity contribution in [1.29, 1.82) is 0 Å². The van der Waals surface area contributed by atoms with Gasteiger partial charge in [-0.15, -0.1) is 0 Å². The van der Waals surface area contributed by atoms with E-state index in [4.69, 9.17) is 34.1 Å². The van der Waals surface area contributed by atoms with E-state index in [1.165, 1.54) is 0 Å². The first-order chi connectivity index (χ1) is 15.5. The molecule has 0 radical (unpaired) electrons. The van der Waals surface area contributed by atoms with E-state index in [0.29, 0.717) is 38.0 Å². The number of nitrogens with zero attached hydrogens (tertiary/aromatic N) is 7. The van der Waals surface area contributed by atoms with Gasteiger partial charge in [-0.3, -0.25) is 4.68 Å². The van der Waals surface area contributed by atoms with Crippen LogP contribution in [0.3, 0.4) is 0 Å². The summed E-state index contributed by atoms with van der Waals surface area (Å²) in [6.07, 6.45) is 5.35. The summed E-state index contributed by atoms with van der Waals surface area (Å²) in [4.78, 5) is 21.6. The van der Waals surface area contributed by atoms with Gasteiger partial charge in [-0.05, 0) is 13.8 Å². The molecule has 10 heteroatoms. The number of rotatable bonds is 3. The fourth-order valence-electron chi connectivity index (χ4n) is 4.80. The van der Waals surface area contributed by atoms with Crippen LogP contribution in [0.1, 0.15) is 47.5 Å². The molecule has 2 saturated heterocycles. The Bertz CT molecular complexity index is 1170. The summed E-state index contributed by atoms with van der Waals surface area (Å²) in [6.45, 7) is 7.24. The van der Waals surface area contributed by atoms with Crippen molar-refractivity contribution in [2.45, 2.75) is 44.5 Å². The van der Waals surface area contributed by atoms with Crippen molar-refractivity contribution in [2.24, 2.45) is 7.05 Å². The molecule has 1 spiro atoms. The summed E-state index contributed by atoms with van der Waals surface area (Å²) in [5.74, 6) is 0.444. The second-order valence-electron chi connectivity index (χ2n) is 8.94. The average Bonchev–Trinajstić information content (AvgIpc) is 3.43. The predicted molar refractivity (Wildman–Crippen MR) is 115 cm³/mol. The Kier molecular flexibility index (Phi) is 4.63. The number of morpholine rings is 1. The van der Waals surface area contributed by atoms with Crippen LogP contribution >= 0.6 is 0 Å². The van der Waals surface area contributed by atoms with Gasteiger partial charge in [0.15, 0.2) is 11.4 Å². The van der Waals surface area contributed by atoms with Crippen LogP contribution in [0.5, 0.6) is 0 Å². The fraction of sp³-hybridized carbons (Fsp3) is 0.591. The van der Waals surface area contributed by atoms with Crippen LogP contribution in [-0.2, 0) is 21.3 Å². The Balaban J connectivity index is 1.36. The highest BCUT2D eigenvalue weighted by atomic mass is 16.7. The normalized spacial score (nSPS) is 23.2. The molecular weight excluding hydrogens is 410 g/mol. The minimum Gasteiger partial charge on any atom is -0.370 e. The first kappa shape index (κ1) is 20.0. The molecule has 32 heavy (non-hydrogen) atoms. The van der Waals surface area contributed by atoms with Crippen LogP contribution in [0.2, 0.25) is 0 Å². The van der Waals surface area contributed by atoms with Crippen LogP contribution in [0.25, 0.3) is 11.2 Å². The van der Waals surface area contributed by atoms with Gasteiger partial charge in [0.05, 0.1) is 49.6 Å². The third kappa shape index (κ3) is 3.33. The first-order valence-electron chi connectivity index (χ1n) is 11.2. The highest BCUT2D eigenvalue weighted by Crippen LogP contribution is 2.50. The maximum atomic E-state index is 6.01. The van der Waals surface area contributed by atoms with Gasteiger partial charge in [-0.2, -0.15) is 10.1 Å². The third-order valence-corrected chi connectivity index (χ3v) is 6.72. The van der Waals surface area contributed by atoms with Crippen molar-refractivity contribution in [2.75, 3.05) is 37.8 Å². The Morgan fingerprint density at radius 2 is 1.78 bits per heavy atom. The van der Waals surface area contributed by atoms with E-state index in [0.717, 1.165) is 47.5 Å². The van der Waals surface area contributed by atoms with Gasteiger partial charge in [0, 0.05) is 44.1 Å². The average molecular weight is 438 g/mol. The molecule has 3 aromatic rings. The molecule has 10 nitrogen and oxygen atoms in total. The zero-order valence-electron chi connectivity index (χ0n) is 18.6. The highest BCUT2D eigenvalue weighted by Gasteiger charge is 2.51. The van der Waals surface area contributed by atoms with Crippen molar-refractivity contribution in [1.82, 2.24) is 29.7 Å². The van der Waals surface area contributed by atoms with E-state index in [9.17, 15) is 0 Å². The smallest absolute Gasteiger partial charge is 0.227 e. The first-order valence-corrected chi connectivity index (χ1v) is 11.2. The monoisotopic (exact) mass is 437 g/mol. The second-order valence-corrected chi connectivity index (χ2v) is 8.94. The SMILES string of the molecule is Cc1nc2nc(N3CCO[C@@H](c4cnn(C)c4)C3)nc(C3CC4(C3)OCCO4)c2nc1C. The molecular formula is C22H27N7O3. The van der Waals surface area contributed by atoms with Crippen molar-refractivity contribution in [3.8, 4) is 0 Å². The number of aryl methyl sites for hydroxylation is 3. The molecule has 2 aliphatic heterocycles. The lowest BCUT2D eigenvalue weighted by Gasteiger charge is -2.42. The van der Waals surface area contributed by atoms with Gasteiger partial charge in [-0.1, -0.05) is 0 Å². The molecule has 6 rings (SSSR count). The zero-order valence-corrected chi connectivity index (χ0v) is 18.6. The summed E-state index contributed by atoms with van der Waals surface area (Å²) in [5, 5.41) is 4.28. The van der Waals surface area contributed by atoms with Gasteiger partial charge < -0.3 is 19.1 Å². The van der Waals surface area contributed by atoms with E-state index in [1.54, 1.807) is 4.68 Å². The molecule has 5 heterocycles. The van der Waals surface area contributed by atoms with Crippen LogP contribution in [-0.4, -0.2) is 68.4 Å². The number of fused-ring (bicyclic) bond motifs is 1. The molecule has 3 aliphatic rings. The summed E-state index contributed by atoms with van der Waals surface area (Å²) in [5.41, 5.74) is 5.21. The predicted octanol–water partition coefficient (Wildman–Crippen LogP) is 1.97. The van der Waals surface area contributed by atoms with Crippen molar-refractivity contribution in [3.05, 3.63) is 35.0 Å². The quantitative estimate of drug-likeness (QED) is 0.609. The molecule has 0 N–H and O–H groups in total. The Morgan fingerprint density at radius 1 is 1.00 bits per heavy atom. The Morgan fingerprint density at radius 3 is 2.53 bits per heavy atom. The maximum Gasteiger partial charge on any atom is 0.227 e. The third-order valence-electron chi connectivity index (χ3n) is 6.72. The van der Waals surface area contributed by atoms with Gasteiger partial charge in [-0.25, -0.2) is 15.0 Å². The largest absolute Gasteiger partial charge is 0.370 e. The topological polar surface area (TPSA) is 100 Å². The summed E-state index contributed by atoms with van der Waals surface area (Å²) in [7, 11) is 1.91.